The Bertz CT molecular complexity index is 874. The maximum Gasteiger partial charge on any atom is 0.243 e. The van der Waals surface area contributed by atoms with E-state index in [-0.39, 0.29) is 0 Å². The van der Waals surface area contributed by atoms with Gasteiger partial charge >= 0.3 is 0 Å². The number of hydrazone groups is 1. The Morgan fingerprint density at radius 1 is 0.960 bits per heavy atom. The highest BCUT2D eigenvalue weighted by molar-refractivity contribution is 6.30. The van der Waals surface area contributed by atoms with Crippen LogP contribution in [0.1, 0.15) is 17.0 Å². The van der Waals surface area contributed by atoms with Crippen LogP contribution >= 0.6 is 11.6 Å². The van der Waals surface area contributed by atoms with Gasteiger partial charge in [0.25, 0.3) is 0 Å². The van der Waals surface area contributed by atoms with E-state index in [1.165, 1.54) is 0 Å². The van der Waals surface area contributed by atoms with Gasteiger partial charge in [-0.1, -0.05) is 23.7 Å². The molecule has 0 atom stereocenters. The molecular weight excluding hydrogens is 336 g/mol. The van der Waals surface area contributed by atoms with Crippen LogP contribution in [0.5, 0.6) is 11.5 Å². The van der Waals surface area contributed by atoms with Gasteiger partial charge in [0.2, 0.25) is 5.95 Å². The van der Waals surface area contributed by atoms with Gasteiger partial charge in [-0.3, -0.25) is 0 Å². The lowest BCUT2D eigenvalue weighted by atomic mass is 10.2. The summed E-state index contributed by atoms with van der Waals surface area (Å²) in [6, 6.07) is 16.7. The normalized spacial score (nSPS) is 10.8. The number of benzene rings is 2. The SMILES string of the molecule is Cc1cc(C)nc(N/N=C\c2cccc(Oc3ccc(Cl)cc3)c2)n1. The molecule has 126 valence electrons. The molecule has 0 unspecified atom stereocenters. The summed E-state index contributed by atoms with van der Waals surface area (Å²) in [5, 5.41) is 4.85. The topological polar surface area (TPSA) is 59.4 Å². The van der Waals surface area contributed by atoms with Crippen LogP contribution in [-0.4, -0.2) is 16.2 Å². The van der Waals surface area contributed by atoms with E-state index in [2.05, 4.69) is 20.5 Å². The summed E-state index contributed by atoms with van der Waals surface area (Å²) in [5.74, 6) is 1.91. The molecule has 3 aromatic rings. The molecule has 25 heavy (non-hydrogen) atoms. The van der Waals surface area contributed by atoms with Crippen molar-refractivity contribution in [3.05, 3.63) is 76.6 Å². The Morgan fingerprint density at radius 2 is 1.68 bits per heavy atom. The lowest BCUT2D eigenvalue weighted by Crippen LogP contribution is -1.99. The minimum absolute atomic E-state index is 0.474. The molecule has 0 fully saturated rings. The summed E-state index contributed by atoms with van der Waals surface area (Å²) >= 11 is 5.88. The molecule has 6 heteroatoms. The summed E-state index contributed by atoms with van der Waals surface area (Å²) in [7, 11) is 0. The Morgan fingerprint density at radius 3 is 2.40 bits per heavy atom. The molecular formula is C19H17ClN4O. The van der Waals surface area contributed by atoms with Gasteiger partial charge in [0, 0.05) is 16.4 Å². The molecule has 1 N–H and O–H groups in total. The largest absolute Gasteiger partial charge is 0.457 e. The third-order valence-electron chi connectivity index (χ3n) is 3.27. The Kier molecular flexibility index (Phi) is 5.26. The van der Waals surface area contributed by atoms with E-state index in [4.69, 9.17) is 16.3 Å². The van der Waals surface area contributed by atoms with E-state index in [0.29, 0.717) is 16.7 Å². The van der Waals surface area contributed by atoms with Crippen LogP contribution < -0.4 is 10.2 Å². The summed E-state index contributed by atoms with van der Waals surface area (Å²) in [6.07, 6.45) is 1.69. The fourth-order valence-electron chi connectivity index (χ4n) is 2.24. The van der Waals surface area contributed by atoms with Crippen LogP contribution in [0, 0.1) is 13.8 Å². The number of aryl methyl sites for hydroxylation is 2. The van der Waals surface area contributed by atoms with Gasteiger partial charge in [-0.15, -0.1) is 0 Å². The van der Waals surface area contributed by atoms with E-state index < -0.39 is 0 Å². The van der Waals surface area contributed by atoms with E-state index in [1.54, 1.807) is 18.3 Å². The fourth-order valence-corrected chi connectivity index (χ4v) is 2.36. The van der Waals surface area contributed by atoms with Crippen molar-refractivity contribution in [1.82, 2.24) is 9.97 Å². The highest BCUT2D eigenvalue weighted by Gasteiger charge is 1.99. The lowest BCUT2D eigenvalue weighted by molar-refractivity contribution is 0.482. The smallest absolute Gasteiger partial charge is 0.243 e. The van der Waals surface area contributed by atoms with Crippen molar-refractivity contribution in [2.24, 2.45) is 5.10 Å². The molecule has 3 rings (SSSR count). The van der Waals surface area contributed by atoms with E-state index in [1.807, 2.05) is 56.3 Å². The van der Waals surface area contributed by atoms with Gasteiger partial charge in [-0.2, -0.15) is 5.10 Å². The molecule has 0 saturated carbocycles. The zero-order valence-electron chi connectivity index (χ0n) is 13.9. The van der Waals surface area contributed by atoms with Crippen LogP contribution in [0.2, 0.25) is 5.02 Å². The minimum Gasteiger partial charge on any atom is -0.457 e. The van der Waals surface area contributed by atoms with Gasteiger partial charge in [0.15, 0.2) is 0 Å². The van der Waals surface area contributed by atoms with E-state index in [9.17, 15) is 0 Å². The maximum atomic E-state index is 5.88. The third kappa shape index (κ3) is 5.02. The highest BCUT2D eigenvalue weighted by Crippen LogP contribution is 2.23. The average Bonchev–Trinajstić information content (AvgIpc) is 2.57. The Labute approximate surface area is 151 Å². The Balaban J connectivity index is 1.67. The number of anilines is 1. The fraction of sp³-hybridized carbons (Fsp3) is 0.105. The zero-order chi connectivity index (χ0) is 17.6. The molecule has 0 radical (unpaired) electrons. The lowest BCUT2D eigenvalue weighted by Gasteiger charge is -2.06. The summed E-state index contributed by atoms with van der Waals surface area (Å²) in [5.41, 5.74) is 5.52. The first-order valence-corrected chi connectivity index (χ1v) is 8.11. The standard InChI is InChI=1S/C19H17ClN4O/c1-13-10-14(2)23-19(22-13)24-21-12-15-4-3-5-18(11-15)25-17-8-6-16(20)7-9-17/h3-12H,1-2H3,(H,22,23,24)/b21-12-. The van der Waals surface area contributed by atoms with Gasteiger partial charge in [0.1, 0.15) is 11.5 Å². The average molecular weight is 353 g/mol. The van der Waals surface area contributed by atoms with Crippen molar-refractivity contribution >= 4 is 23.8 Å². The second kappa shape index (κ2) is 7.77. The number of nitrogens with zero attached hydrogens (tertiary/aromatic N) is 3. The highest BCUT2D eigenvalue weighted by atomic mass is 35.5. The van der Waals surface area contributed by atoms with Crippen molar-refractivity contribution in [2.45, 2.75) is 13.8 Å². The first kappa shape index (κ1) is 16.9. The number of halogens is 1. The molecule has 0 aliphatic rings. The molecule has 0 aliphatic carbocycles. The zero-order valence-corrected chi connectivity index (χ0v) is 14.7. The molecule has 5 nitrogen and oxygen atoms in total. The van der Waals surface area contributed by atoms with Crippen LogP contribution in [-0.2, 0) is 0 Å². The quantitative estimate of drug-likeness (QED) is 0.519. The van der Waals surface area contributed by atoms with Crippen molar-refractivity contribution in [2.75, 3.05) is 5.43 Å². The van der Waals surface area contributed by atoms with Crippen molar-refractivity contribution in [1.29, 1.82) is 0 Å². The number of hydrogen-bond acceptors (Lipinski definition) is 5. The van der Waals surface area contributed by atoms with Gasteiger partial charge in [0.05, 0.1) is 6.21 Å². The first-order chi connectivity index (χ1) is 12.1. The van der Waals surface area contributed by atoms with Crippen LogP contribution in [0.25, 0.3) is 0 Å². The summed E-state index contributed by atoms with van der Waals surface area (Å²) in [6.45, 7) is 3.84. The number of ether oxygens (including phenoxy) is 1. The van der Waals surface area contributed by atoms with Crippen molar-refractivity contribution in [3.8, 4) is 11.5 Å². The molecule has 1 aromatic heterocycles. The minimum atomic E-state index is 0.474. The second-order valence-electron chi connectivity index (χ2n) is 5.47. The summed E-state index contributed by atoms with van der Waals surface area (Å²) < 4.78 is 5.80. The first-order valence-electron chi connectivity index (χ1n) is 7.73. The predicted octanol–water partition coefficient (Wildman–Crippen LogP) is 4.99. The molecule has 0 saturated heterocycles. The van der Waals surface area contributed by atoms with E-state index >= 15 is 0 Å². The molecule has 0 bridgehead atoms. The second-order valence-corrected chi connectivity index (χ2v) is 5.91. The number of hydrogen-bond donors (Lipinski definition) is 1. The van der Waals surface area contributed by atoms with Gasteiger partial charge in [-0.25, -0.2) is 15.4 Å². The molecule has 1 heterocycles. The predicted molar refractivity (Wildman–Crippen MR) is 101 cm³/mol. The summed E-state index contributed by atoms with van der Waals surface area (Å²) in [4.78, 5) is 8.55. The molecule has 0 spiro atoms. The van der Waals surface area contributed by atoms with Crippen LogP contribution in [0.15, 0.2) is 59.7 Å². The van der Waals surface area contributed by atoms with Crippen LogP contribution in [0.3, 0.4) is 0 Å². The van der Waals surface area contributed by atoms with Crippen molar-refractivity contribution in [3.63, 3.8) is 0 Å². The van der Waals surface area contributed by atoms with E-state index in [0.717, 1.165) is 22.7 Å². The number of aromatic nitrogens is 2. The number of nitrogens with one attached hydrogen (secondary N) is 1. The Hall–Kier alpha value is -2.92. The molecule has 0 amide bonds. The monoisotopic (exact) mass is 352 g/mol. The molecule has 2 aromatic carbocycles. The molecule has 0 aliphatic heterocycles. The van der Waals surface area contributed by atoms with Gasteiger partial charge in [-0.05, 0) is 61.9 Å². The van der Waals surface area contributed by atoms with Crippen molar-refractivity contribution < 1.29 is 4.74 Å². The third-order valence-corrected chi connectivity index (χ3v) is 3.52. The van der Waals surface area contributed by atoms with Gasteiger partial charge < -0.3 is 4.74 Å². The maximum absolute atomic E-state index is 5.88. The number of rotatable bonds is 5. The van der Waals surface area contributed by atoms with Crippen LogP contribution in [0.4, 0.5) is 5.95 Å².